The topological polar surface area (TPSA) is 46.6 Å². The smallest absolute Gasteiger partial charge is 0.410 e. The number of carbonyl (C=O) groups is 2. The Bertz CT molecular complexity index is 353. The molecule has 1 amide bonds. The molecule has 4 heteroatoms. The van der Waals surface area contributed by atoms with Gasteiger partial charge in [-0.1, -0.05) is 18.2 Å². The highest BCUT2D eigenvalue weighted by molar-refractivity contribution is 5.94. The quantitative estimate of drug-likeness (QED) is 0.667. The van der Waals surface area contributed by atoms with Crippen LogP contribution >= 0.6 is 0 Å². The van der Waals surface area contributed by atoms with Crippen molar-refractivity contribution in [1.29, 1.82) is 0 Å². The number of ether oxygens (including phenoxy) is 1. The Balaban J connectivity index is 1.92. The Morgan fingerprint density at radius 2 is 1.86 bits per heavy atom. The largest absolute Gasteiger partial charge is 0.416 e. The van der Waals surface area contributed by atoms with Crippen LogP contribution in [0.15, 0.2) is 30.3 Å². The van der Waals surface area contributed by atoms with Gasteiger partial charge in [-0.15, -0.1) is 0 Å². The van der Waals surface area contributed by atoms with Crippen molar-refractivity contribution in [1.82, 2.24) is 4.90 Å². The lowest BCUT2D eigenvalue weighted by molar-refractivity contribution is -0.127. The van der Waals surface area contributed by atoms with Crippen molar-refractivity contribution in [2.75, 3.05) is 13.1 Å². The van der Waals surface area contributed by atoms with E-state index in [1.807, 2.05) is 6.07 Å². The van der Waals surface area contributed by atoms with Crippen LogP contribution in [0.5, 0.6) is 5.75 Å². The van der Waals surface area contributed by atoms with Crippen LogP contribution in [0.25, 0.3) is 0 Å². The molecular weight excluding hydrogens is 182 g/mol. The molecule has 0 aliphatic carbocycles. The van der Waals surface area contributed by atoms with E-state index in [2.05, 4.69) is 0 Å². The number of benzene rings is 1. The SMILES string of the molecule is O=C1CN(C(=O)Oc2ccccc2)C1. The van der Waals surface area contributed by atoms with E-state index in [-0.39, 0.29) is 18.9 Å². The molecule has 1 fully saturated rings. The number of carbonyl (C=O) groups excluding carboxylic acids is 2. The number of hydrogen-bond acceptors (Lipinski definition) is 3. The monoisotopic (exact) mass is 191 g/mol. The van der Waals surface area contributed by atoms with E-state index >= 15 is 0 Å². The number of Topliss-reactive ketones (excluding diaryl/α,β-unsaturated/α-hetero) is 1. The van der Waals surface area contributed by atoms with Crippen molar-refractivity contribution in [3.8, 4) is 5.75 Å². The maximum absolute atomic E-state index is 11.3. The first-order valence-electron chi connectivity index (χ1n) is 4.29. The standard InChI is InChI=1S/C10H9NO3/c12-8-6-11(7-8)10(13)14-9-4-2-1-3-5-9/h1-5H,6-7H2. The summed E-state index contributed by atoms with van der Waals surface area (Å²) in [6.45, 7) is 0.345. The molecule has 4 nitrogen and oxygen atoms in total. The number of nitrogens with zero attached hydrogens (tertiary/aromatic N) is 1. The summed E-state index contributed by atoms with van der Waals surface area (Å²) >= 11 is 0. The Morgan fingerprint density at radius 1 is 1.21 bits per heavy atom. The van der Waals surface area contributed by atoms with Gasteiger partial charge in [-0.3, -0.25) is 9.69 Å². The number of likely N-dealkylation sites (tertiary alicyclic amines) is 1. The summed E-state index contributed by atoms with van der Waals surface area (Å²) in [5.74, 6) is 0.562. The third-order valence-corrected chi connectivity index (χ3v) is 1.94. The average Bonchev–Trinajstić information content (AvgIpc) is 2.14. The van der Waals surface area contributed by atoms with Crippen LogP contribution in [0, 0.1) is 0 Å². The molecule has 14 heavy (non-hydrogen) atoms. The molecule has 1 aliphatic heterocycles. The molecule has 72 valence electrons. The summed E-state index contributed by atoms with van der Waals surface area (Å²) in [6.07, 6.45) is -0.462. The number of ketones is 1. The molecular formula is C10H9NO3. The van der Waals surface area contributed by atoms with Gasteiger partial charge in [0.25, 0.3) is 0 Å². The van der Waals surface area contributed by atoms with E-state index < -0.39 is 6.09 Å². The van der Waals surface area contributed by atoms with Crippen molar-refractivity contribution in [3.63, 3.8) is 0 Å². The summed E-state index contributed by atoms with van der Waals surface area (Å²) in [4.78, 5) is 23.3. The fourth-order valence-electron chi connectivity index (χ4n) is 1.16. The van der Waals surface area contributed by atoms with Gasteiger partial charge in [0.05, 0.1) is 13.1 Å². The molecule has 0 unspecified atom stereocenters. The molecule has 1 aliphatic rings. The number of hydrogen-bond donors (Lipinski definition) is 0. The van der Waals surface area contributed by atoms with Gasteiger partial charge in [-0.05, 0) is 12.1 Å². The fourth-order valence-corrected chi connectivity index (χ4v) is 1.16. The maximum atomic E-state index is 11.3. The second kappa shape index (κ2) is 3.49. The predicted molar refractivity (Wildman–Crippen MR) is 49.0 cm³/mol. The van der Waals surface area contributed by atoms with Gasteiger partial charge in [-0.25, -0.2) is 4.79 Å². The van der Waals surface area contributed by atoms with Crippen LogP contribution in [0.4, 0.5) is 4.79 Å². The molecule has 1 aromatic carbocycles. The van der Waals surface area contributed by atoms with E-state index in [0.717, 1.165) is 0 Å². The van der Waals surface area contributed by atoms with Crippen LogP contribution in [-0.4, -0.2) is 29.9 Å². The van der Waals surface area contributed by atoms with Crippen LogP contribution in [0.1, 0.15) is 0 Å². The van der Waals surface area contributed by atoms with Gasteiger partial charge in [0.15, 0.2) is 5.78 Å². The van der Waals surface area contributed by atoms with Crippen molar-refractivity contribution in [2.24, 2.45) is 0 Å². The third kappa shape index (κ3) is 1.74. The first-order valence-corrected chi connectivity index (χ1v) is 4.29. The molecule has 0 spiro atoms. The number of para-hydroxylation sites is 1. The molecule has 2 rings (SSSR count). The zero-order valence-corrected chi connectivity index (χ0v) is 7.47. The second-order valence-electron chi connectivity index (χ2n) is 3.08. The third-order valence-electron chi connectivity index (χ3n) is 1.94. The first kappa shape index (κ1) is 8.74. The van der Waals surface area contributed by atoms with Gasteiger partial charge in [0, 0.05) is 0 Å². The van der Waals surface area contributed by atoms with Gasteiger partial charge >= 0.3 is 6.09 Å². The molecule has 0 bridgehead atoms. The Hall–Kier alpha value is -1.84. The minimum Gasteiger partial charge on any atom is -0.410 e. The zero-order valence-electron chi connectivity index (χ0n) is 7.47. The van der Waals surface area contributed by atoms with Crippen LogP contribution in [0.3, 0.4) is 0 Å². The summed E-state index contributed by atoms with van der Waals surface area (Å²) < 4.78 is 5.00. The van der Waals surface area contributed by atoms with Crippen LogP contribution in [0.2, 0.25) is 0 Å². The van der Waals surface area contributed by atoms with E-state index in [0.29, 0.717) is 5.75 Å². The zero-order chi connectivity index (χ0) is 9.97. The Kier molecular flexibility index (Phi) is 2.18. The molecule has 1 saturated heterocycles. The lowest BCUT2D eigenvalue weighted by Crippen LogP contribution is -2.51. The predicted octanol–water partition coefficient (Wildman–Crippen LogP) is 1.07. The number of rotatable bonds is 1. The minimum absolute atomic E-state index is 0.0648. The van der Waals surface area contributed by atoms with E-state index in [9.17, 15) is 9.59 Å². The lowest BCUT2D eigenvalue weighted by Gasteiger charge is -2.27. The summed E-state index contributed by atoms with van der Waals surface area (Å²) in [5.41, 5.74) is 0. The maximum Gasteiger partial charge on any atom is 0.416 e. The fraction of sp³-hybridized carbons (Fsp3) is 0.200. The lowest BCUT2D eigenvalue weighted by atomic mass is 10.2. The molecule has 1 heterocycles. The van der Waals surface area contributed by atoms with Crippen molar-refractivity contribution in [2.45, 2.75) is 0 Å². The highest BCUT2D eigenvalue weighted by Crippen LogP contribution is 2.12. The highest BCUT2D eigenvalue weighted by Gasteiger charge is 2.29. The Labute approximate surface area is 81.1 Å². The Morgan fingerprint density at radius 3 is 2.43 bits per heavy atom. The van der Waals surface area contributed by atoms with E-state index in [1.54, 1.807) is 24.3 Å². The van der Waals surface area contributed by atoms with Crippen molar-refractivity contribution >= 4 is 11.9 Å². The molecule has 1 aromatic rings. The molecule has 0 aromatic heterocycles. The van der Waals surface area contributed by atoms with Crippen molar-refractivity contribution in [3.05, 3.63) is 30.3 Å². The minimum atomic E-state index is -0.462. The average molecular weight is 191 g/mol. The van der Waals surface area contributed by atoms with Crippen LogP contribution in [-0.2, 0) is 4.79 Å². The highest BCUT2D eigenvalue weighted by atomic mass is 16.6. The van der Waals surface area contributed by atoms with Crippen LogP contribution < -0.4 is 4.74 Å². The molecule has 0 saturated carbocycles. The molecule has 0 radical (unpaired) electrons. The van der Waals surface area contributed by atoms with E-state index in [4.69, 9.17) is 4.74 Å². The normalized spacial score (nSPS) is 14.9. The van der Waals surface area contributed by atoms with E-state index in [1.165, 1.54) is 4.90 Å². The number of amides is 1. The summed E-state index contributed by atoms with van der Waals surface area (Å²) in [5, 5.41) is 0. The second-order valence-corrected chi connectivity index (χ2v) is 3.08. The van der Waals surface area contributed by atoms with Crippen molar-refractivity contribution < 1.29 is 14.3 Å². The van der Waals surface area contributed by atoms with Gasteiger partial charge < -0.3 is 4.74 Å². The van der Waals surface area contributed by atoms with Gasteiger partial charge in [-0.2, -0.15) is 0 Å². The summed E-state index contributed by atoms with van der Waals surface area (Å²) in [7, 11) is 0. The molecule has 0 N–H and O–H groups in total. The van der Waals surface area contributed by atoms with Gasteiger partial charge in [0.1, 0.15) is 5.75 Å². The summed E-state index contributed by atoms with van der Waals surface area (Å²) in [6, 6.07) is 8.79. The molecule has 0 atom stereocenters. The van der Waals surface area contributed by atoms with Gasteiger partial charge in [0.2, 0.25) is 0 Å². The first-order chi connectivity index (χ1) is 6.75.